The lowest BCUT2D eigenvalue weighted by Gasteiger charge is -2.07. The number of pyridine rings is 1. The third-order valence-corrected chi connectivity index (χ3v) is 2.66. The van der Waals surface area contributed by atoms with E-state index in [-0.39, 0.29) is 6.61 Å². The van der Waals surface area contributed by atoms with Gasteiger partial charge in [-0.15, -0.1) is 0 Å². The summed E-state index contributed by atoms with van der Waals surface area (Å²) < 4.78 is 5.58. The topological polar surface area (TPSA) is 54.4 Å². The van der Waals surface area contributed by atoms with Gasteiger partial charge in [0.15, 0.2) is 0 Å². The Morgan fingerprint density at radius 2 is 1.95 bits per heavy atom. The van der Waals surface area contributed by atoms with Gasteiger partial charge in [-0.2, -0.15) is 0 Å². The molecule has 0 saturated heterocycles. The normalized spacial score (nSPS) is 10.2. The van der Waals surface area contributed by atoms with Crippen molar-refractivity contribution in [2.45, 2.75) is 6.42 Å². The van der Waals surface area contributed by atoms with Crippen LogP contribution >= 0.6 is 11.6 Å². The van der Waals surface area contributed by atoms with Crippen LogP contribution in [0.4, 0.5) is 5.69 Å². The van der Waals surface area contributed by atoms with Crippen molar-refractivity contribution < 1.29 is 9.84 Å². The Labute approximate surface area is 117 Å². The van der Waals surface area contributed by atoms with Crippen molar-refractivity contribution in [2.75, 3.05) is 18.5 Å². The lowest BCUT2D eigenvalue weighted by Crippen LogP contribution is -2.02. The number of hydrogen-bond acceptors (Lipinski definition) is 4. The predicted octanol–water partition coefficient (Wildman–Crippen LogP) is 3.32. The Morgan fingerprint density at radius 3 is 2.58 bits per heavy atom. The zero-order valence-electron chi connectivity index (χ0n) is 10.3. The molecule has 0 amide bonds. The number of benzene rings is 1. The van der Waals surface area contributed by atoms with Crippen molar-refractivity contribution in [3.63, 3.8) is 0 Å². The average molecular weight is 279 g/mol. The molecule has 2 aromatic rings. The summed E-state index contributed by atoms with van der Waals surface area (Å²) >= 11 is 5.75. The van der Waals surface area contributed by atoms with E-state index in [1.165, 1.54) is 0 Å². The number of rotatable bonds is 6. The first-order valence-corrected chi connectivity index (χ1v) is 6.40. The van der Waals surface area contributed by atoms with Gasteiger partial charge < -0.3 is 15.2 Å². The second-order valence-corrected chi connectivity index (χ2v) is 4.38. The van der Waals surface area contributed by atoms with Crippen molar-refractivity contribution in [3.8, 4) is 11.6 Å². The molecule has 0 saturated carbocycles. The highest BCUT2D eigenvalue weighted by Crippen LogP contribution is 2.22. The predicted molar refractivity (Wildman–Crippen MR) is 76.0 cm³/mol. The van der Waals surface area contributed by atoms with E-state index in [2.05, 4.69) is 10.3 Å². The first-order chi connectivity index (χ1) is 9.28. The average Bonchev–Trinajstić information content (AvgIpc) is 2.44. The minimum absolute atomic E-state index is 0.191. The molecule has 0 bridgehead atoms. The summed E-state index contributed by atoms with van der Waals surface area (Å²) in [5.74, 6) is 1.22. The quantitative estimate of drug-likeness (QED) is 0.796. The Bertz CT molecular complexity index is 500. The largest absolute Gasteiger partial charge is 0.439 e. The molecule has 0 radical (unpaired) electrons. The van der Waals surface area contributed by atoms with E-state index in [4.69, 9.17) is 21.4 Å². The van der Waals surface area contributed by atoms with E-state index in [0.29, 0.717) is 16.7 Å². The third-order valence-electron chi connectivity index (χ3n) is 2.44. The molecule has 4 nitrogen and oxygen atoms in total. The fraction of sp³-hybridized carbons (Fsp3) is 0.214. The maximum absolute atomic E-state index is 8.70. The summed E-state index contributed by atoms with van der Waals surface area (Å²) in [6, 6.07) is 11.0. The SMILES string of the molecule is OCCCNc1ccc(Oc2ccc(Cl)cn2)cc1. The Kier molecular flexibility index (Phi) is 5.01. The van der Waals surface area contributed by atoms with Crippen molar-refractivity contribution in [1.82, 2.24) is 4.98 Å². The molecule has 0 aliphatic rings. The van der Waals surface area contributed by atoms with Crippen LogP contribution in [0.5, 0.6) is 11.6 Å². The summed E-state index contributed by atoms with van der Waals surface area (Å²) in [6.45, 7) is 0.936. The summed E-state index contributed by atoms with van der Waals surface area (Å²) in [4.78, 5) is 4.06. The van der Waals surface area contributed by atoms with E-state index < -0.39 is 0 Å². The van der Waals surface area contributed by atoms with Gasteiger partial charge in [-0.25, -0.2) is 4.98 Å². The van der Waals surface area contributed by atoms with Crippen molar-refractivity contribution >= 4 is 17.3 Å². The second-order valence-electron chi connectivity index (χ2n) is 3.95. The molecule has 5 heteroatoms. The van der Waals surface area contributed by atoms with Crippen molar-refractivity contribution in [3.05, 3.63) is 47.6 Å². The number of nitrogens with zero attached hydrogens (tertiary/aromatic N) is 1. The van der Waals surface area contributed by atoms with Crippen LogP contribution in [0, 0.1) is 0 Å². The smallest absolute Gasteiger partial charge is 0.219 e. The molecule has 0 fully saturated rings. The highest BCUT2D eigenvalue weighted by atomic mass is 35.5. The monoisotopic (exact) mass is 278 g/mol. The van der Waals surface area contributed by atoms with Gasteiger partial charge >= 0.3 is 0 Å². The first kappa shape index (κ1) is 13.6. The van der Waals surface area contributed by atoms with E-state index >= 15 is 0 Å². The van der Waals surface area contributed by atoms with E-state index in [1.54, 1.807) is 18.3 Å². The van der Waals surface area contributed by atoms with E-state index in [0.717, 1.165) is 18.7 Å². The second kappa shape index (κ2) is 6.97. The molecular formula is C14H15ClN2O2. The Morgan fingerprint density at radius 1 is 1.16 bits per heavy atom. The maximum atomic E-state index is 8.70. The number of nitrogens with one attached hydrogen (secondary N) is 1. The molecule has 0 atom stereocenters. The number of anilines is 1. The number of ether oxygens (including phenoxy) is 1. The Balaban J connectivity index is 1.92. The number of aromatic nitrogens is 1. The number of hydrogen-bond donors (Lipinski definition) is 2. The van der Waals surface area contributed by atoms with Gasteiger partial charge in [-0.05, 0) is 36.8 Å². The van der Waals surface area contributed by atoms with Crippen molar-refractivity contribution in [1.29, 1.82) is 0 Å². The molecule has 1 heterocycles. The third kappa shape index (κ3) is 4.43. The summed E-state index contributed by atoms with van der Waals surface area (Å²) in [7, 11) is 0. The van der Waals surface area contributed by atoms with Gasteiger partial charge in [-0.3, -0.25) is 0 Å². The number of aliphatic hydroxyl groups excluding tert-OH is 1. The molecule has 1 aromatic heterocycles. The fourth-order valence-electron chi connectivity index (χ4n) is 1.50. The minimum Gasteiger partial charge on any atom is -0.439 e. The number of aliphatic hydroxyl groups is 1. The van der Waals surface area contributed by atoms with Crippen molar-refractivity contribution in [2.24, 2.45) is 0 Å². The van der Waals surface area contributed by atoms with E-state index in [1.807, 2.05) is 24.3 Å². The van der Waals surface area contributed by atoms with Crippen LogP contribution in [0.2, 0.25) is 5.02 Å². The number of halogens is 1. The molecular weight excluding hydrogens is 264 g/mol. The minimum atomic E-state index is 0.191. The molecule has 19 heavy (non-hydrogen) atoms. The van der Waals surface area contributed by atoms with Crippen LogP contribution in [0.3, 0.4) is 0 Å². The van der Waals surface area contributed by atoms with Gasteiger partial charge in [0.2, 0.25) is 5.88 Å². The van der Waals surface area contributed by atoms with E-state index in [9.17, 15) is 0 Å². The summed E-state index contributed by atoms with van der Waals surface area (Å²) in [6.07, 6.45) is 2.27. The molecule has 0 spiro atoms. The van der Waals surface area contributed by atoms with Gasteiger partial charge in [-0.1, -0.05) is 11.6 Å². The standard InChI is InChI=1S/C14H15ClN2O2/c15-11-2-7-14(17-10-11)19-13-5-3-12(4-6-13)16-8-1-9-18/h2-7,10,16,18H,1,8-9H2. The van der Waals surface area contributed by atoms with Crippen LogP contribution < -0.4 is 10.1 Å². The van der Waals surface area contributed by atoms with Gasteiger partial charge in [0.25, 0.3) is 0 Å². The lowest BCUT2D eigenvalue weighted by molar-refractivity contribution is 0.292. The van der Waals surface area contributed by atoms with Crippen LogP contribution in [0.1, 0.15) is 6.42 Å². The summed E-state index contributed by atoms with van der Waals surface area (Å²) in [5, 5.41) is 12.5. The molecule has 1 aromatic carbocycles. The molecule has 100 valence electrons. The molecule has 0 aliphatic carbocycles. The van der Waals surface area contributed by atoms with Gasteiger partial charge in [0.05, 0.1) is 5.02 Å². The first-order valence-electron chi connectivity index (χ1n) is 6.02. The lowest BCUT2D eigenvalue weighted by atomic mass is 10.3. The van der Waals surface area contributed by atoms with Gasteiger partial charge in [0, 0.05) is 31.1 Å². The van der Waals surface area contributed by atoms with Crippen LogP contribution in [0.15, 0.2) is 42.6 Å². The fourth-order valence-corrected chi connectivity index (χ4v) is 1.61. The molecule has 0 aliphatic heterocycles. The van der Waals surface area contributed by atoms with Crippen LogP contribution in [-0.2, 0) is 0 Å². The highest BCUT2D eigenvalue weighted by Gasteiger charge is 1.99. The van der Waals surface area contributed by atoms with Gasteiger partial charge in [0.1, 0.15) is 5.75 Å². The Hall–Kier alpha value is -1.78. The molecule has 2 rings (SSSR count). The maximum Gasteiger partial charge on any atom is 0.219 e. The molecule has 0 unspecified atom stereocenters. The molecule has 2 N–H and O–H groups in total. The van der Waals surface area contributed by atoms with Crippen LogP contribution in [-0.4, -0.2) is 23.2 Å². The highest BCUT2D eigenvalue weighted by molar-refractivity contribution is 6.30. The zero-order chi connectivity index (χ0) is 13.5. The zero-order valence-corrected chi connectivity index (χ0v) is 11.1. The van der Waals surface area contributed by atoms with Crippen LogP contribution in [0.25, 0.3) is 0 Å². The summed E-state index contributed by atoms with van der Waals surface area (Å²) in [5.41, 5.74) is 0.991.